The van der Waals surface area contributed by atoms with Gasteiger partial charge in [0.05, 0.1) is 32.6 Å². The second kappa shape index (κ2) is 8.53. The van der Waals surface area contributed by atoms with Gasteiger partial charge in [-0.25, -0.2) is 0 Å². The van der Waals surface area contributed by atoms with Gasteiger partial charge in [0, 0.05) is 5.56 Å². The summed E-state index contributed by atoms with van der Waals surface area (Å²) in [5.41, 5.74) is 3.55. The van der Waals surface area contributed by atoms with Crippen molar-refractivity contribution in [2.75, 3.05) is 38.0 Å². The molecule has 0 saturated heterocycles. The first-order valence-electron chi connectivity index (χ1n) is 9.59. The molecule has 1 unspecified atom stereocenters. The lowest BCUT2D eigenvalue weighted by molar-refractivity contribution is -0.908. The Morgan fingerprint density at radius 3 is 2.55 bits per heavy atom. The molecule has 0 spiro atoms. The molecule has 2 aromatic rings. The van der Waals surface area contributed by atoms with Gasteiger partial charge in [0.1, 0.15) is 13.1 Å². The number of methoxy groups -OCH3 is 2. The first-order chi connectivity index (χ1) is 13.8. The molecule has 2 atom stereocenters. The number of amides is 2. The van der Waals surface area contributed by atoms with E-state index in [9.17, 15) is 9.59 Å². The number of rotatable bonds is 6. The molecule has 1 heterocycles. The molecule has 0 aliphatic carbocycles. The number of hydrogen-bond acceptors (Lipinski definition) is 4. The number of ether oxygens (including phenoxy) is 2. The zero-order chi connectivity index (χ0) is 21.1. The first kappa shape index (κ1) is 20.7. The number of benzene rings is 2. The molecule has 3 rings (SSSR count). The van der Waals surface area contributed by atoms with E-state index in [0.29, 0.717) is 23.7 Å². The number of quaternary nitrogens is 1. The van der Waals surface area contributed by atoms with Gasteiger partial charge in [-0.2, -0.15) is 0 Å². The number of hydrogen-bond donors (Lipinski definition) is 2. The van der Waals surface area contributed by atoms with Crippen LogP contribution in [-0.2, 0) is 16.1 Å². The van der Waals surface area contributed by atoms with Crippen LogP contribution in [0.15, 0.2) is 36.4 Å². The van der Waals surface area contributed by atoms with Crippen LogP contribution >= 0.6 is 0 Å². The van der Waals surface area contributed by atoms with Crippen molar-refractivity contribution < 1.29 is 24.0 Å². The summed E-state index contributed by atoms with van der Waals surface area (Å²) in [4.78, 5) is 27.9. The summed E-state index contributed by atoms with van der Waals surface area (Å²) in [5, 5.41) is 2.82. The summed E-state index contributed by atoms with van der Waals surface area (Å²) < 4.78 is 10.8. The number of aryl methyl sites for hydroxylation is 1. The van der Waals surface area contributed by atoms with Crippen LogP contribution in [0.2, 0.25) is 0 Å². The van der Waals surface area contributed by atoms with Crippen molar-refractivity contribution in [1.29, 1.82) is 0 Å². The summed E-state index contributed by atoms with van der Waals surface area (Å²) in [6.45, 7) is 4.58. The van der Waals surface area contributed by atoms with Crippen LogP contribution < -0.4 is 24.6 Å². The largest absolute Gasteiger partial charge is 0.493 e. The number of likely N-dealkylation sites (N-methyl/N-ethyl adjacent to an activating group) is 1. The molecule has 29 heavy (non-hydrogen) atoms. The van der Waals surface area contributed by atoms with Gasteiger partial charge in [0.15, 0.2) is 17.5 Å². The summed E-state index contributed by atoms with van der Waals surface area (Å²) >= 11 is 0. The molecule has 0 saturated carbocycles. The van der Waals surface area contributed by atoms with Gasteiger partial charge in [0.2, 0.25) is 5.91 Å². The number of carbonyl (C=O) groups excluding carboxylic acids is 2. The highest BCUT2D eigenvalue weighted by Crippen LogP contribution is 2.30. The lowest BCUT2D eigenvalue weighted by atomic mass is 10.1. The van der Waals surface area contributed by atoms with Gasteiger partial charge in [-0.3, -0.25) is 14.5 Å². The Balaban J connectivity index is 1.80. The Bertz CT molecular complexity index is 928. The second-order valence-electron chi connectivity index (χ2n) is 7.37. The third kappa shape index (κ3) is 4.19. The van der Waals surface area contributed by atoms with E-state index in [1.54, 1.807) is 25.2 Å². The second-order valence-corrected chi connectivity index (χ2v) is 7.37. The molecule has 1 aliphatic rings. The average Bonchev–Trinajstić information content (AvgIpc) is 2.72. The van der Waals surface area contributed by atoms with E-state index >= 15 is 0 Å². The van der Waals surface area contributed by atoms with Crippen molar-refractivity contribution in [1.82, 2.24) is 0 Å². The smallest absolute Gasteiger partial charge is 0.285 e. The summed E-state index contributed by atoms with van der Waals surface area (Å²) in [7, 11) is 5.20. The van der Waals surface area contributed by atoms with Crippen molar-refractivity contribution >= 4 is 23.2 Å². The van der Waals surface area contributed by atoms with Crippen molar-refractivity contribution in [2.24, 2.45) is 0 Å². The van der Waals surface area contributed by atoms with E-state index in [2.05, 4.69) is 5.32 Å². The topological polar surface area (TPSA) is 72.3 Å². The maximum Gasteiger partial charge on any atom is 0.285 e. The highest BCUT2D eigenvalue weighted by atomic mass is 16.5. The monoisotopic (exact) mass is 398 g/mol. The van der Waals surface area contributed by atoms with Crippen molar-refractivity contribution in [2.45, 2.75) is 26.4 Å². The highest BCUT2D eigenvalue weighted by molar-refractivity contribution is 6.10. The Labute approximate surface area is 171 Å². The third-order valence-electron chi connectivity index (χ3n) is 5.46. The molecule has 1 aliphatic heterocycles. The van der Waals surface area contributed by atoms with E-state index in [1.807, 2.05) is 51.2 Å². The molecule has 0 radical (unpaired) electrons. The van der Waals surface area contributed by atoms with Crippen LogP contribution in [0.5, 0.6) is 11.5 Å². The summed E-state index contributed by atoms with van der Waals surface area (Å²) in [6.07, 6.45) is 0. The molecule has 2 aromatic carbocycles. The molecule has 154 valence electrons. The molecule has 7 heteroatoms. The SMILES string of the molecule is COc1cc(C)c(C[NH+](C)[C@H](C)C(=O)N2CC(=O)Nc3ccccc32)cc1OC. The third-order valence-corrected chi connectivity index (χ3v) is 5.46. The highest BCUT2D eigenvalue weighted by Gasteiger charge is 2.33. The number of anilines is 2. The fraction of sp³-hybridized carbons (Fsp3) is 0.364. The normalized spacial score (nSPS) is 15.2. The van der Waals surface area contributed by atoms with Crippen LogP contribution in [0.25, 0.3) is 0 Å². The maximum absolute atomic E-state index is 13.2. The van der Waals surface area contributed by atoms with Crippen molar-refractivity contribution in [3.8, 4) is 11.5 Å². The quantitative estimate of drug-likeness (QED) is 0.772. The van der Waals surface area contributed by atoms with Gasteiger partial charge in [-0.15, -0.1) is 0 Å². The predicted molar refractivity (Wildman–Crippen MR) is 112 cm³/mol. The average molecular weight is 398 g/mol. The minimum absolute atomic E-state index is 0.0306. The zero-order valence-electron chi connectivity index (χ0n) is 17.5. The number of nitrogens with one attached hydrogen (secondary N) is 2. The standard InChI is InChI=1S/C22H27N3O4/c1-14-10-19(28-4)20(29-5)11-16(14)12-24(3)15(2)22(27)25-13-21(26)23-17-8-6-7-9-18(17)25/h6-11,15H,12-13H2,1-5H3,(H,23,26)/p+1/t15-/m1/s1. The molecule has 0 bridgehead atoms. The lowest BCUT2D eigenvalue weighted by Crippen LogP contribution is -3.12. The van der Waals surface area contributed by atoms with E-state index in [1.165, 1.54) is 0 Å². The van der Waals surface area contributed by atoms with Gasteiger partial charge in [-0.05, 0) is 43.7 Å². The van der Waals surface area contributed by atoms with Crippen molar-refractivity contribution in [3.05, 3.63) is 47.5 Å². The zero-order valence-corrected chi connectivity index (χ0v) is 17.5. The van der Waals surface area contributed by atoms with Crippen LogP contribution in [0.4, 0.5) is 11.4 Å². The summed E-state index contributed by atoms with van der Waals surface area (Å²) in [5.74, 6) is 1.09. The number of fused-ring (bicyclic) bond motifs is 1. The Kier molecular flexibility index (Phi) is 6.08. The van der Waals surface area contributed by atoms with Crippen LogP contribution in [0.1, 0.15) is 18.1 Å². The van der Waals surface area contributed by atoms with E-state index < -0.39 is 0 Å². The molecule has 2 amide bonds. The van der Waals surface area contributed by atoms with E-state index in [-0.39, 0.29) is 24.4 Å². The number of para-hydroxylation sites is 2. The first-order valence-corrected chi connectivity index (χ1v) is 9.59. The van der Waals surface area contributed by atoms with Crippen LogP contribution in [-0.4, -0.2) is 45.7 Å². The maximum atomic E-state index is 13.2. The van der Waals surface area contributed by atoms with Crippen LogP contribution in [0.3, 0.4) is 0 Å². The molecule has 2 N–H and O–H groups in total. The van der Waals surface area contributed by atoms with Gasteiger partial charge >= 0.3 is 0 Å². The van der Waals surface area contributed by atoms with Crippen LogP contribution in [0, 0.1) is 6.92 Å². The lowest BCUT2D eigenvalue weighted by Gasteiger charge is -2.32. The predicted octanol–water partition coefficient (Wildman–Crippen LogP) is 1.40. The van der Waals surface area contributed by atoms with Gasteiger partial charge < -0.3 is 19.7 Å². The number of nitrogens with zero attached hydrogens (tertiary/aromatic N) is 1. The molecule has 7 nitrogen and oxygen atoms in total. The molecular weight excluding hydrogens is 370 g/mol. The fourth-order valence-corrected chi connectivity index (χ4v) is 3.54. The Hall–Kier alpha value is -3.06. The number of carbonyl (C=O) groups is 2. The molecule has 0 aromatic heterocycles. The van der Waals surface area contributed by atoms with Gasteiger partial charge in [-0.1, -0.05) is 12.1 Å². The Morgan fingerprint density at radius 2 is 1.86 bits per heavy atom. The van der Waals surface area contributed by atoms with Gasteiger partial charge in [0.25, 0.3) is 5.91 Å². The summed E-state index contributed by atoms with van der Waals surface area (Å²) in [6, 6.07) is 10.9. The molecular formula is C22H28N3O4+. The Morgan fingerprint density at radius 1 is 1.21 bits per heavy atom. The minimum atomic E-state index is -0.332. The fourth-order valence-electron chi connectivity index (χ4n) is 3.54. The van der Waals surface area contributed by atoms with E-state index in [0.717, 1.165) is 21.7 Å². The minimum Gasteiger partial charge on any atom is -0.493 e. The van der Waals surface area contributed by atoms with E-state index in [4.69, 9.17) is 9.47 Å². The molecule has 0 fully saturated rings. The van der Waals surface area contributed by atoms with Crippen molar-refractivity contribution in [3.63, 3.8) is 0 Å².